The van der Waals surface area contributed by atoms with Crippen LogP contribution in [0.25, 0.3) is 0 Å². The van der Waals surface area contributed by atoms with Crippen LogP contribution in [-0.2, 0) is 20.5 Å². The summed E-state index contributed by atoms with van der Waals surface area (Å²) in [6, 6.07) is 12.6. The Morgan fingerprint density at radius 3 is 2.12 bits per heavy atom. The lowest BCUT2D eigenvalue weighted by atomic mass is 10.0. The zero-order valence-electron chi connectivity index (χ0n) is 17.6. The number of methoxy groups -OCH3 is 1. The predicted molar refractivity (Wildman–Crippen MR) is 117 cm³/mol. The molecule has 3 aliphatic rings. The molecule has 9 nitrogen and oxygen atoms in total. The van der Waals surface area contributed by atoms with Gasteiger partial charge in [0.2, 0.25) is 0 Å². The molecule has 0 aromatic heterocycles. The summed E-state index contributed by atoms with van der Waals surface area (Å²) in [5.74, 6) is -1.69. The van der Waals surface area contributed by atoms with Gasteiger partial charge in [-0.25, -0.2) is 14.1 Å². The van der Waals surface area contributed by atoms with Crippen LogP contribution in [-0.4, -0.2) is 71.4 Å². The highest BCUT2D eigenvalue weighted by Crippen LogP contribution is 2.59. The van der Waals surface area contributed by atoms with Gasteiger partial charge in [0.15, 0.2) is 0 Å². The van der Waals surface area contributed by atoms with Gasteiger partial charge in [0, 0.05) is 38.3 Å². The highest BCUT2D eigenvalue weighted by atomic mass is 31.2. The van der Waals surface area contributed by atoms with Crippen LogP contribution in [0.4, 0.5) is 5.69 Å². The molecule has 2 amide bonds. The third-order valence-corrected chi connectivity index (χ3v) is 8.74. The van der Waals surface area contributed by atoms with Crippen molar-refractivity contribution in [3.05, 3.63) is 65.2 Å². The average molecular weight is 454 g/mol. The van der Waals surface area contributed by atoms with Gasteiger partial charge in [-0.15, -0.1) is 0 Å². The SMILES string of the molecule is COC(=O)C(Cc1cccc(NP(=O)(N2CC2)N2CC2)c1)N1C(=O)c2ccccc2C1=O. The molecule has 0 bridgehead atoms. The number of esters is 1. The van der Waals surface area contributed by atoms with Gasteiger partial charge in [-0.3, -0.25) is 19.1 Å². The molecule has 2 saturated heterocycles. The Morgan fingerprint density at radius 1 is 1.00 bits per heavy atom. The fraction of sp³-hybridized carbons (Fsp3) is 0.318. The Balaban J connectivity index is 1.40. The largest absolute Gasteiger partial charge is 0.467 e. The van der Waals surface area contributed by atoms with Crippen LogP contribution < -0.4 is 5.09 Å². The standard InChI is InChI=1S/C22H23N4O5P/c1-31-22(29)19(26-20(27)17-7-2-3-8-18(17)21(26)28)14-15-5-4-6-16(13-15)23-32(30,24-9-10-24)25-11-12-25/h2-8,13,19H,9-12,14H2,1H3,(H,23,30). The fourth-order valence-electron chi connectivity index (χ4n) is 4.02. The maximum atomic E-state index is 13.4. The lowest BCUT2D eigenvalue weighted by Gasteiger charge is -2.25. The molecule has 5 rings (SSSR count). The summed E-state index contributed by atoms with van der Waals surface area (Å²) >= 11 is 0. The van der Waals surface area contributed by atoms with E-state index in [9.17, 15) is 18.9 Å². The second-order valence-electron chi connectivity index (χ2n) is 8.03. The van der Waals surface area contributed by atoms with Crippen molar-refractivity contribution in [3.8, 4) is 0 Å². The monoisotopic (exact) mass is 454 g/mol. The molecule has 166 valence electrons. The van der Waals surface area contributed by atoms with Gasteiger partial charge < -0.3 is 9.82 Å². The number of nitrogens with zero attached hydrogens (tertiary/aromatic N) is 3. The molecule has 0 spiro atoms. The van der Waals surface area contributed by atoms with Gasteiger partial charge >= 0.3 is 13.6 Å². The number of ether oxygens (including phenoxy) is 1. The number of fused-ring (bicyclic) bond motifs is 1. The van der Waals surface area contributed by atoms with E-state index in [1.54, 1.807) is 42.5 Å². The van der Waals surface area contributed by atoms with Gasteiger partial charge in [0.25, 0.3) is 11.8 Å². The maximum absolute atomic E-state index is 13.4. The van der Waals surface area contributed by atoms with Crippen molar-refractivity contribution in [2.24, 2.45) is 0 Å². The number of benzene rings is 2. The number of nitrogens with one attached hydrogen (secondary N) is 1. The van der Waals surface area contributed by atoms with E-state index in [0.717, 1.165) is 31.1 Å². The van der Waals surface area contributed by atoms with Gasteiger partial charge in [0.05, 0.1) is 18.2 Å². The molecule has 3 heterocycles. The molecule has 3 aliphatic heterocycles. The topological polar surface area (TPSA) is 98.8 Å². The number of rotatable bonds is 8. The Morgan fingerprint density at radius 2 is 1.59 bits per heavy atom. The highest BCUT2D eigenvalue weighted by molar-refractivity contribution is 7.61. The molecule has 0 aliphatic carbocycles. The van der Waals surface area contributed by atoms with E-state index in [4.69, 9.17) is 4.74 Å². The fourth-order valence-corrected chi connectivity index (χ4v) is 6.40. The second kappa shape index (κ2) is 7.85. The van der Waals surface area contributed by atoms with Crippen molar-refractivity contribution in [2.45, 2.75) is 12.5 Å². The first-order chi connectivity index (χ1) is 15.4. The summed E-state index contributed by atoms with van der Waals surface area (Å²) in [7, 11) is -1.58. The first-order valence-electron chi connectivity index (χ1n) is 10.5. The van der Waals surface area contributed by atoms with E-state index in [2.05, 4.69) is 5.09 Å². The Bertz CT molecular complexity index is 1110. The molecule has 0 radical (unpaired) electrons. The number of hydrogen-bond donors (Lipinski definition) is 1. The van der Waals surface area contributed by atoms with Gasteiger partial charge in [-0.05, 0) is 29.8 Å². The van der Waals surface area contributed by atoms with Crippen LogP contribution in [0.2, 0.25) is 0 Å². The highest BCUT2D eigenvalue weighted by Gasteiger charge is 2.48. The van der Waals surface area contributed by atoms with E-state index in [1.807, 2.05) is 15.4 Å². The van der Waals surface area contributed by atoms with Crippen molar-refractivity contribution in [2.75, 3.05) is 38.4 Å². The lowest BCUT2D eigenvalue weighted by molar-refractivity contribution is -0.145. The third kappa shape index (κ3) is 3.62. The van der Waals surface area contributed by atoms with Crippen LogP contribution in [0.5, 0.6) is 0 Å². The molecule has 0 saturated carbocycles. The van der Waals surface area contributed by atoms with Gasteiger partial charge in [-0.2, -0.15) is 0 Å². The molecular weight excluding hydrogens is 431 g/mol. The molecule has 32 heavy (non-hydrogen) atoms. The van der Waals surface area contributed by atoms with Gasteiger partial charge in [-0.1, -0.05) is 24.3 Å². The Labute approximate surface area is 185 Å². The Kier molecular flexibility index (Phi) is 5.12. The summed E-state index contributed by atoms with van der Waals surface area (Å²) in [5, 5.41) is 3.18. The minimum absolute atomic E-state index is 0.0887. The summed E-state index contributed by atoms with van der Waals surface area (Å²) in [4.78, 5) is 39.4. The van der Waals surface area contributed by atoms with E-state index in [1.165, 1.54) is 7.11 Å². The number of carbonyl (C=O) groups excluding carboxylic acids is 3. The van der Waals surface area contributed by atoms with E-state index >= 15 is 0 Å². The van der Waals surface area contributed by atoms with Crippen molar-refractivity contribution >= 4 is 31.1 Å². The van der Waals surface area contributed by atoms with Crippen LogP contribution in [0, 0.1) is 0 Å². The number of imide groups is 1. The Hall–Kier alpha value is -3.00. The zero-order chi connectivity index (χ0) is 22.5. The van der Waals surface area contributed by atoms with Gasteiger partial charge in [0.1, 0.15) is 6.04 Å². The number of carbonyl (C=O) groups is 3. The summed E-state index contributed by atoms with van der Waals surface area (Å²) in [5.41, 5.74) is 1.93. The first kappa shape index (κ1) is 20.9. The second-order valence-corrected chi connectivity index (χ2v) is 10.5. The number of amides is 2. The summed E-state index contributed by atoms with van der Waals surface area (Å²) < 4.78 is 22.1. The zero-order valence-corrected chi connectivity index (χ0v) is 18.5. The van der Waals surface area contributed by atoms with Crippen LogP contribution in [0.15, 0.2) is 48.5 Å². The molecule has 2 fully saturated rings. The lowest BCUT2D eigenvalue weighted by Crippen LogP contribution is -2.46. The van der Waals surface area contributed by atoms with Crippen molar-refractivity contribution < 1.29 is 23.7 Å². The number of hydrogen-bond acceptors (Lipinski definition) is 5. The average Bonchev–Trinajstić information content (AvgIpc) is 3.70. The maximum Gasteiger partial charge on any atom is 0.329 e. The molecule has 10 heteroatoms. The summed E-state index contributed by atoms with van der Waals surface area (Å²) in [6.45, 7) is 3.19. The van der Waals surface area contributed by atoms with Crippen LogP contribution >= 0.6 is 7.59 Å². The molecule has 1 atom stereocenters. The van der Waals surface area contributed by atoms with Crippen LogP contribution in [0.1, 0.15) is 26.3 Å². The predicted octanol–water partition coefficient (Wildman–Crippen LogP) is 2.22. The minimum atomic E-state index is -2.82. The molecule has 2 aromatic rings. The minimum Gasteiger partial charge on any atom is -0.467 e. The molecule has 1 N–H and O–H groups in total. The first-order valence-corrected chi connectivity index (χ1v) is 12.1. The smallest absolute Gasteiger partial charge is 0.329 e. The van der Waals surface area contributed by atoms with Crippen molar-refractivity contribution in [3.63, 3.8) is 0 Å². The molecule has 2 aromatic carbocycles. The summed E-state index contributed by atoms with van der Waals surface area (Å²) in [6.07, 6.45) is 0.0887. The van der Waals surface area contributed by atoms with Crippen molar-refractivity contribution in [1.82, 2.24) is 14.2 Å². The van der Waals surface area contributed by atoms with E-state index < -0.39 is 31.4 Å². The van der Waals surface area contributed by atoms with E-state index in [-0.39, 0.29) is 17.5 Å². The van der Waals surface area contributed by atoms with Crippen LogP contribution in [0.3, 0.4) is 0 Å². The normalized spacial score (nSPS) is 19.0. The molecule has 1 unspecified atom stereocenters. The quantitative estimate of drug-likeness (QED) is 0.281. The number of anilines is 1. The van der Waals surface area contributed by atoms with E-state index in [0.29, 0.717) is 11.3 Å². The third-order valence-electron chi connectivity index (χ3n) is 5.86. The van der Waals surface area contributed by atoms with Crippen molar-refractivity contribution in [1.29, 1.82) is 0 Å². The molecular formula is C22H23N4O5P.